The molecule has 4 rings (SSSR count). The van der Waals surface area contributed by atoms with Crippen molar-refractivity contribution in [1.82, 2.24) is 15.1 Å². The zero-order chi connectivity index (χ0) is 21.6. The molecule has 2 unspecified atom stereocenters. The summed E-state index contributed by atoms with van der Waals surface area (Å²) in [7, 11) is 1.70. The summed E-state index contributed by atoms with van der Waals surface area (Å²) in [6.45, 7) is 0.732. The smallest absolute Gasteiger partial charge is 0.325 e. The molecule has 2 aliphatic heterocycles. The maximum absolute atomic E-state index is 12.7. The van der Waals surface area contributed by atoms with E-state index in [1.54, 1.807) is 18.8 Å². The second-order valence-corrected chi connectivity index (χ2v) is 8.96. The number of benzene rings is 2. The minimum atomic E-state index is -0.449. The van der Waals surface area contributed by atoms with Crippen LogP contribution in [0.15, 0.2) is 65.7 Å². The molecule has 2 aromatic rings. The molecule has 0 saturated carbocycles. The fourth-order valence-corrected chi connectivity index (χ4v) is 5.06. The number of imide groups is 1. The van der Waals surface area contributed by atoms with Crippen molar-refractivity contribution < 1.29 is 9.59 Å². The van der Waals surface area contributed by atoms with Gasteiger partial charge in [0.05, 0.1) is 0 Å². The normalized spacial score (nSPS) is 20.5. The van der Waals surface area contributed by atoms with Crippen LogP contribution in [0.25, 0.3) is 0 Å². The number of hydrogen-bond acceptors (Lipinski definition) is 5. The summed E-state index contributed by atoms with van der Waals surface area (Å²) in [6.07, 6.45) is 3.45. The molecule has 162 valence electrons. The molecule has 0 bridgehead atoms. The van der Waals surface area contributed by atoms with Crippen molar-refractivity contribution in [2.24, 2.45) is 4.99 Å². The number of nitrogens with one attached hydrogen (secondary N) is 1. The summed E-state index contributed by atoms with van der Waals surface area (Å²) in [5, 5.41) is 3.34. The first-order chi connectivity index (χ1) is 15.1. The predicted octanol–water partition coefficient (Wildman–Crippen LogP) is 3.53. The van der Waals surface area contributed by atoms with Crippen LogP contribution in [0.4, 0.5) is 4.79 Å². The van der Waals surface area contributed by atoms with Gasteiger partial charge in [0.15, 0.2) is 17.4 Å². The van der Waals surface area contributed by atoms with Gasteiger partial charge in [-0.3, -0.25) is 10.1 Å². The van der Waals surface area contributed by atoms with Crippen molar-refractivity contribution in [1.29, 1.82) is 0 Å². The van der Waals surface area contributed by atoms with E-state index < -0.39 is 12.2 Å². The summed E-state index contributed by atoms with van der Waals surface area (Å²) < 4.78 is 0. The highest BCUT2D eigenvalue weighted by molar-refractivity contribution is 8.13. The Hall–Kier alpha value is -2.80. The van der Waals surface area contributed by atoms with Crippen molar-refractivity contribution >= 4 is 28.9 Å². The molecule has 0 aliphatic carbocycles. The number of aryl methyl sites for hydroxylation is 2. The number of amidine groups is 1. The van der Waals surface area contributed by atoms with Gasteiger partial charge in [0.1, 0.15) is 0 Å². The monoisotopic (exact) mass is 436 g/mol. The lowest BCUT2D eigenvalue weighted by molar-refractivity contribution is -0.127. The van der Waals surface area contributed by atoms with Crippen LogP contribution in [-0.2, 0) is 17.6 Å². The molecular formula is C24H28N4O2S. The Kier molecular flexibility index (Phi) is 6.92. The standard InChI is InChI=1S/C24H28N4O2S/c1-27-21-20(22(29)26-23(27)30)28(16-8-14-18-10-4-2-5-11-18)24(25-21)31-17-9-15-19-12-6-3-7-13-19/h2-7,10-13,20-21H,8-9,14-17H2,1H3,(H,26,29,30). The van der Waals surface area contributed by atoms with Crippen LogP contribution in [0.1, 0.15) is 24.0 Å². The van der Waals surface area contributed by atoms with Crippen molar-refractivity contribution in [3.63, 3.8) is 0 Å². The fourth-order valence-electron chi connectivity index (χ4n) is 4.04. The number of hydrogen-bond donors (Lipinski definition) is 1. The predicted molar refractivity (Wildman–Crippen MR) is 125 cm³/mol. The number of carbonyl (C=O) groups is 2. The highest BCUT2D eigenvalue weighted by Crippen LogP contribution is 2.29. The molecule has 0 aromatic heterocycles. The lowest BCUT2D eigenvalue weighted by atomic mass is 10.1. The van der Waals surface area contributed by atoms with Crippen LogP contribution >= 0.6 is 11.8 Å². The SMILES string of the molecule is CN1C(=O)NC(=O)C2C1N=C(SCCCc1ccccc1)N2CCCc1ccccc1. The summed E-state index contributed by atoms with van der Waals surface area (Å²) in [4.78, 5) is 33.2. The fraction of sp³-hybridized carbons (Fsp3) is 0.375. The van der Waals surface area contributed by atoms with E-state index in [-0.39, 0.29) is 11.9 Å². The molecule has 1 fully saturated rings. The van der Waals surface area contributed by atoms with Gasteiger partial charge in [0, 0.05) is 19.3 Å². The van der Waals surface area contributed by atoms with E-state index in [0.717, 1.165) is 43.1 Å². The number of aliphatic imine (C=N–C) groups is 1. The van der Waals surface area contributed by atoms with Crippen LogP contribution in [-0.4, -0.2) is 58.5 Å². The van der Waals surface area contributed by atoms with E-state index >= 15 is 0 Å². The highest BCUT2D eigenvalue weighted by atomic mass is 32.2. The van der Waals surface area contributed by atoms with E-state index in [1.165, 1.54) is 16.0 Å². The molecule has 0 spiro atoms. The zero-order valence-electron chi connectivity index (χ0n) is 17.7. The zero-order valence-corrected chi connectivity index (χ0v) is 18.6. The second-order valence-electron chi connectivity index (χ2n) is 7.90. The maximum atomic E-state index is 12.7. The summed E-state index contributed by atoms with van der Waals surface area (Å²) in [5.41, 5.74) is 2.61. The van der Waals surface area contributed by atoms with Gasteiger partial charge in [-0.1, -0.05) is 72.4 Å². The van der Waals surface area contributed by atoms with Gasteiger partial charge in [0.2, 0.25) is 0 Å². The lowest BCUT2D eigenvalue weighted by Gasteiger charge is -2.36. The molecule has 1 N–H and O–H groups in total. The summed E-state index contributed by atoms with van der Waals surface area (Å²) >= 11 is 1.69. The Morgan fingerprint density at radius 2 is 1.55 bits per heavy atom. The summed E-state index contributed by atoms with van der Waals surface area (Å²) in [5.74, 6) is 0.665. The molecule has 2 atom stereocenters. The van der Waals surface area contributed by atoms with E-state index in [1.807, 2.05) is 24.3 Å². The first-order valence-corrected chi connectivity index (χ1v) is 11.7. The molecule has 0 radical (unpaired) electrons. The third-order valence-corrected chi connectivity index (χ3v) is 6.80. The van der Waals surface area contributed by atoms with Gasteiger partial charge in [-0.05, 0) is 36.8 Å². The third kappa shape index (κ3) is 5.10. The van der Waals surface area contributed by atoms with Crippen molar-refractivity contribution in [3.8, 4) is 0 Å². The number of amides is 3. The largest absolute Gasteiger partial charge is 0.336 e. The van der Waals surface area contributed by atoms with Crippen molar-refractivity contribution in [2.45, 2.75) is 37.9 Å². The van der Waals surface area contributed by atoms with Crippen LogP contribution in [0, 0.1) is 0 Å². The van der Waals surface area contributed by atoms with Gasteiger partial charge >= 0.3 is 6.03 Å². The van der Waals surface area contributed by atoms with Gasteiger partial charge in [-0.2, -0.15) is 0 Å². The Bertz CT molecular complexity index is 935. The minimum absolute atomic E-state index is 0.253. The lowest BCUT2D eigenvalue weighted by Crippen LogP contribution is -2.63. The first kappa shape index (κ1) is 21.4. The summed E-state index contributed by atoms with van der Waals surface area (Å²) in [6, 6.07) is 20.0. The number of likely N-dealkylation sites (N-methyl/N-ethyl adjacent to an activating group) is 1. The molecule has 2 aromatic carbocycles. The van der Waals surface area contributed by atoms with Crippen LogP contribution in [0.2, 0.25) is 0 Å². The van der Waals surface area contributed by atoms with Crippen LogP contribution in [0.3, 0.4) is 0 Å². The molecule has 31 heavy (non-hydrogen) atoms. The minimum Gasteiger partial charge on any atom is -0.336 e. The molecule has 6 nitrogen and oxygen atoms in total. The molecule has 2 heterocycles. The Balaban J connectivity index is 1.39. The van der Waals surface area contributed by atoms with Crippen molar-refractivity contribution in [3.05, 3.63) is 71.8 Å². The second kappa shape index (κ2) is 10.0. The van der Waals surface area contributed by atoms with Gasteiger partial charge < -0.3 is 9.80 Å². The van der Waals surface area contributed by atoms with E-state index in [9.17, 15) is 9.59 Å². The third-order valence-electron chi connectivity index (χ3n) is 5.71. The highest BCUT2D eigenvalue weighted by Gasteiger charge is 2.48. The number of nitrogens with zero attached hydrogens (tertiary/aromatic N) is 3. The van der Waals surface area contributed by atoms with Gasteiger partial charge in [-0.15, -0.1) is 0 Å². The Labute approximate surface area is 187 Å². The maximum Gasteiger partial charge on any atom is 0.325 e. The van der Waals surface area contributed by atoms with Crippen LogP contribution < -0.4 is 5.32 Å². The van der Waals surface area contributed by atoms with Crippen molar-refractivity contribution in [2.75, 3.05) is 19.3 Å². The molecular weight excluding hydrogens is 408 g/mol. The van der Waals surface area contributed by atoms with E-state index in [0.29, 0.717) is 0 Å². The van der Waals surface area contributed by atoms with E-state index in [2.05, 4.69) is 46.6 Å². The first-order valence-electron chi connectivity index (χ1n) is 10.8. The van der Waals surface area contributed by atoms with Crippen LogP contribution in [0.5, 0.6) is 0 Å². The topological polar surface area (TPSA) is 65.0 Å². The number of rotatable bonds is 8. The number of carbonyl (C=O) groups excluding carboxylic acids is 2. The quantitative estimate of drug-likeness (QED) is 0.643. The van der Waals surface area contributed by atoms with Gasteiger partial charge in [-0.25, -0.2) is 9.79 Å². The number of fused-ring (bicyclic) bond motifs is 1. The number of urea groups is 1. The van der Waals surface area contributed by atoms with Gasteiger partial charge in [0.25, 0.3) is 5.91 Å². The van der Waals surface area contributed by atoms with E-state index in [4.69, 9.17) is 4.99 Å². The average molecular weight is 437 g/mol. The molecule has 2 aliphatic rings. The Morgan fingerprint density at radius 1 is 0.935 bits per heavy atom. The number of thioether (sulfide) groups is 1. The molecule has 7 heteroatoms. The molecule has 3 amide bonds. The molecule has 1 saturated heterocycles. The average Bonchev–Trinajstić information content (AvgIpc) is 3.16. The Morgan fingerprint density at radius 3 is 2.19 bits per heavy atom.